The molecule has 45 heavy (non-hydrogen) atoms. The first-order valence-corrected chi connectivity index (χ1v) is 14.2. The normalized spacial score (nSPS) is 34.4. The van der Waals surface area contributed by atoms with Crippen molar-refractivity contribution in [3.05, 3.63) is 35.9 Å². The molecule has 0 aliphatic carbocycles. The molecule has 248 valence electrons. The molecule has 16 nitrogen and oxygen atoms in total. The molecule has 3 aliphatic rings. The third-order valence-corrected chi connectivity index (χ3v) is 7.04. The summed E-state index contributed by atoms with van der Waals surface area (Å²) < 4.78 is 51.8. The van der Waals surface area contributed by atoms with Gasteiger partial charge >= 0.3 is 23.9 Å². The van der Waals surface area contributed by atoms with E-state index in [9.17, 15) is 29.1 Å². The van der Waals surface area contributed by atoms with Gasteiger partial charge in [0.15, 0.2) is 37.2 Å². The summed E-state index contributed by atoms with van der Waals surface area (Å²) in [7, 11) is 0. The van der Waals surface area contributed by atoms with Gasteiger partial charge in [-0.2, -0.15) is 0 Å². The van der Waals surface area contributed by atoms with Gasteiger partial charge in [-0.15, -0.1) is 0 Å². The topological polar surface area (TPSA) is 201 Å². The Morgan fingerprint density at radius 2 is 1.42 bits per heavy atom. The van der Waals surface area contributed by atoms with Crippen molar-refractivity contribution in [3.63, 3.8) is 0 Å². The minimum atomic E-state index is -1.61. The van der Waals surface area contributed by atoms with Gasteiger partial charge in [0.25, 0.3) is 0 Å². The van der Waals surface area contributed by atoms with E-state index in [1.54, 1.807) is 24.3 Å². The number of aliphatic hydroxyl groups is 1. The van der Waals surface area contributed by atoms with Crippen LogP contribution in [0.3, 0.4) is 0 Å². The largest absolute Gasteiger partial charge is 0.463 e. The van der Waals surface area contributed by atoms with E-state index in [1.807, 2.05) is 6.07 Å². The maximum atomic E-state index is 12.3. The average molecular weight is 640 g/mol. The number of hydrogen-bond acceptors (Lipinski definition) is 15. The zero-order valence-corrected chi connectivity index (χ0v) is 25.3. The van der Waals surface area contributed by atoms with E-state index in [4.69, 9.17) is 42.6 Å². The molecule has 0 radical (unpaired) electrons. The van der Waals surface area contributed by atoms with Gasteiger partial charge < -0.3 is 53.1 Å². The molecule has 1 amide bonds. The predicted molar refractivity (Wildman–Crippen MR) is 145 cm³/mol. The fourth-order valence-electron chi connectivity index (χ4n) is 5.37. The van der Waals surface area contributed by atoms with Gasteiger partial charge in [-0.1, -0.05) is 30.3 Å². The molecule has 3 aliphatic heterocycles. The average Bonchev–Trinajstić information content (AvgIpc) is 2.96. The molecule has 0 spiro atoms. The molecule has 1 aromatic carbocycles. The van der Waals surface area contributed by atoms with Gasteiger partial charge in [-0.3, -0.25) is 24.0 Å². The van der Waals surface area contributed by atoms with Gasteiger partial charge in [0.2, 0.25) is 5.91 Å². The molecule has 0 aromatic heterocycles. The van der Waals surface area contributed by atoms with Gasteiger partial charge in [-0.25, -0.2) is 0 Å². The first kappa shape index (κ1) is 34.2. The van der Waals surface area contributed by atoms with Crippen molar-refractivity contribution < 1.29 is 71.7 Å². The zero-order chi connectivity index (χ0) is 32.8. The molecule has 11 atom stereocenters. The standard InChI is InChI=1S/C29H37NO15/c1-13(31)30-21-24(22-19(42-27(21)36)12-38-28(44-22)18-9-7-6-8-10-18)45-29-26(41-17(5)35)25(40-16(4)34)23(39-15(3)33)20(43-29)11-37-14(2)32/h6-10,19-29,36H,11-12H2,1-5H3,(H,30,31)/t19-,20-,21-,22-,23-,24-,25+,26-,27?,28?,29+/m1/s1. The molecule has 1 aromatic rings. The number of fused-ring (bicyclic) bond motifs is 1. The number of benzene rings is 1. The molecule has 0 bridgehead atoms. The maximum Gasteiger partial charge on any atom is 0.303 e. The van der Waals surface area contributed by atoms with Crippen LogP contribution in [0.1, 0.15) is 46.5 Å². The number of carbonyl (C=O) groups is 5. The van der Waals surface area contributed by atoms with Gasteiger partial charge in [-0.05, 0) is 0 Å². The van der Waals surface area contributed by atoms with Crippen LogP contribution in [0.2, 0.25) is 0 Å². The van der Waals surface area contributed by atoms with Gasteiger partial charge in [0, 0.05) is 40.2 Å². The second-order valence-electron chi connectivity index (χ2n) is 10.6. The van der Waals surface area contributed by atoms with Crippen LogP contribution in [0.5, 0.6) is 0 Å². The molecule has 4 rings (SSSR count). The predicted octanol–water partition coefficient (Wildman–Crippen LogP) is -0.209. The zero-order valence-electron chi connectivity index (χ0n) is 25.3. The number of hydrogen-bond donors (Lipinski definition) is 2. The molecule has 2 N–H and O–H groups in total. The minimum Gasteiger partial charge on any atom is -0.463 e. The number of esters is 4. The highest BCUT2D eigenvalue weighted by Gasteiger charge is 2.57. The molecule has 2 unspecified atom stereocenters. The van der Waals surface area contributed by atoms with Crippen LogP contribution in [-0.2, 0) is 66.6 Å². The van der Waals surface area contributed by atoms with Gasteiger partial charge in [0.1, 0.15) is 37.1 Å². The molecular formula is C29H37NO15. The molecular weight excluding hydrogens is 602 g/mol. The van der Waals surface area contributed by atoms with Crippen molar-refractivity contribution in [2.75, 3.05) is 13.2 Å². The molecule has 3 heterocycles. The second kappa shape index (κ2) is 15.1. The summed E-state index contributed by atoms with van der Waals surface area (Å²) in [6, 6.07) is 7.72. The van der Waals surface area contributed by atoms with Crippen LogP contribution in [0, 0.1) is 0 Å². The van der Waals surface area contributed by atoms with Crippen molar-refractivity contribution in [1.82, 2.24) is 5.32 Å². The Balaban J connectivity index is 1.74. The first-order chi connectivity index (χ1) is 21.3. The lowest BCUT2D eigenvalue weighted by molar-refractivity contribution is -0.374. The Morgan fingerprint density at radius 1 is 0.800 bits per heavy atom. The summed E-state index contributed by atoms with van der Waals surface area (Å²) in [5.74, 6) is -3.67. The number of aliphatic hydroxyl groups excluding tert-OH is 1. The molecule has 0 saturated carbocycles. The van der Waals surface area contributed by atoms with Crippen LogP contribution in [0.25, 0.3) is 0 Å². The van der Waals surface area contributed by atoms with E-state index in [1.165, 1.54) is 6.92 Å². The van der Waals surface area contributed by atoms with Crippen LogP contribution in [0.4, 0.5) is 0 Å². The molecule has 3 fully saturated rings. The fraction of sp³-hybridized carbons (Fsp3) is 0.621. The van der Waals surface area contributed by atoms with E-state index < -0.39 is 104 Å². The lowest BCUT2D eigenvalue weighted by Gasteiger charge is -2.50. The van der Waals surface area contributed by atoms with Crippen molar-refractivity contribution in [2.24, 2.45) is 0 Å². The Kier molecular flexibility index (Phi) is 11.5. The Morgan fingerprint density at radius 3 is 2.02 bits per heavy atom. The van der Waals surface area contributed by atoms with Crippen molar-refractivity contribution in [2.45, 2.75) is 102 Å². The minimum absolute atomic E-state index is 0.0352. The summed E-state index contributed by atoms with van der Waals surface area (Å²) in [5, 5.41) is 13.5. The third kappa shape index (κ3) is 8.74. The third-order valence-electron chi connectivity index (χ3n) is 7.04. The monoisotopic (exact) mass is 639 g/mol. The first-order valence-electron chi connectivity index (χ1n) is 14.2. The van der Waals surface area contributed by atoms with Crippen LogP contribution in [0.15, 0.2) is 30.3 Å². The Bertz CT molecular complexity index is 1230. The highest BCUT2D eigenvalue weighted by molar-refractivity contribution is 5.73. The summed E-state index contributed by atoms with van der Waals surface area (Å²) in [5.41, 5.74) is 0.671. The highest BCUT2D eigenvalue weighted by atomic mass is 16.8. The van der Waals surface area contributed by atoms with E-state index in [-0.39, 0.29) is 6.61 Å². The maximum absolute atomic E-state index is 12.3. The Hall–Kier alpha value is -3.67. The van der Waals surface area contributed by atoms with Crippen molar-refractivity contribution in [1.29, 1.82) is 0 Å². The SMILES string of the molecule is CC(=O)N[C@H]1C(O)O[C@@H]2COC(c3ccccc3)O[C@H]2[C@@H]1O[C@@H]1O[C@H](COC(C)=O)[C@@H](OC(C)=O)[C@H](OC(C)=O)[C@H]1OC(C)=O. The van der Waals surface area contributed by atoms with Gasteiger partial charge in [0.05, 0.1) is 6.61 Å². The number of amides is 1. The summed E-state index contributed by atoms with van der Waals surface area (Å²) in [6.07, 6.45) is -13.0. The van der Waals surface area contributed by atoms with Crippen LogP contribution < -0.4 is 5.32 Å². The smallest absolute Gasteiger partial charge is 0.303 e. The summed E-state index contributed by atoms with van der Waals surface area (Å²) in [6.45, 7) is 5.15. The fourth-order valence-corrected chi connectivity index (χ4v) is 5.37. The van der Waals surface area contributed by atoms with Crippen molar-refractivity contribution >= 4 is 29.8 Å². The number of rotatable bonds is 9. The summed E-state index contributed by atoms with van der Waals surface area (Å²) >= 11 is 0. The lowest BCUT2D eigenvalue weighted by Crippen LogP contribution is -2.69. The second-order valence-corrected chi connectivity index (χ2v) is 10.6. The van der Waals surface area contributed by atoms with E-state index >= 15 is 0 Å². The quantitative estimate of drug-likeness (QED) is 0.265. The summed E-state index contributed by atoms with van der Waals surface area (Å²) in [4.78, 5) is 60.5. The lowest BCUT2D eigenvalue weighted by atomic mass is 9.94. The molecule has 3 saturated heterocycles. The highest BCUT2D eigenvalue weighted by Crippen LogP contribution is 2.38. The molecule has 16 heteroatoms. The van der Waals surface area contributed by atoms with E-state index in [2.05, 4.69) is 5.32 Å². The van der Waals surface area contributed by atoms with Crippen LogP contribution >= 0.6 is 0 Å². The Labute approximate surface area is 258 Å². The number of ether oxygens (including phenoxy) is 9. The van der Waals surface area contributed by atoms with E-state index in [0.717, 1.165) is 27.7 Å². The number of carbonyl (C=O) groups excluding carboxylic acids is 5. The number of nitrogens with one attached hydrogen (secondary N) is 1. The van der Waals surface area contributed by atoms with E-state index in [0.29, 0.717) is 5.56 Å². The van der Waals surface area contributed by atoms with Crippen LogP contribution in [-0.4, -0.2) is 109 Å². The van der Waals surface area contributed by atoms with Crippen molar-refractivity contribution in [3.8, 4) is 0 Å².